The summed E-state index contributed by atoms with van der Waals surface area (Å²) in [6.07, 6.45) is -4.71. The van der Waals surface area contributed by atoms with Gasteiger partial charge in [0.2, 0.25) is 0 Å². The van der Waals surface area contributed by atoms with E-state index < -0.39 is 23.1 Å². The lowest BCUT2D eigenvalue weighted by Crippen LogP contribution is -2.14. The van der Waals surface area contributed by atoms with Crippen molar-refractivity contribution >= 4 is 5.78 Å². The Kier molecular flexibility index (Phi) is 3.42. The predicted molar refractivity (Wildman–Crippen MR) is 52.7 cm³/mol. The van der Waals surface area contributed by atoms with Crippen molar-refractivity contribution in [3.05, 3.63) is 28.8 Å². The van der Waals surface area contributed by atoms with Gasteiger partial charge in [0.05, 0.1) is 18.2 Å². The van der Waals surface area contributed by atoms with Crippen LogP contribution in [0.25, 0.3) is 0 Å². The number of ether oxygens (including phenoxy) is 1. The lowest BCUT2D eigenvalue weighted by molar-refractivity contribution is -0.138. The van der Waals surface area contributed by atoms with Crippen LogP contribution in [-0.2, 0) is 6.18 Å². The summed E-state index contributed by atoms with van der Waals surface area (Å²) in [6, 6.07) is 3.37. The third-order valence-corrected chi connectivity index (χ3v) is 2.13. The summed E-state index contributed by atoms with van der Waals surface area (Å²) in [7, 11) is 1.18. The van der Waals surface area contributed by atoms with E-state index in [-0.39, 0.29) is 11.3 Å². The Morgan fingerprint density at radius 1 is 1.41 bits per heavy atom. The molecule has 3 nitrogen and oxygen atoms in total. The normalized spacial score (nSPS) is 10.8. The van der Waals surface area contributed by atoms with E-state index in [1.54, 1.807) is 6.07 Å². The number of carbonyl (C=O) groups excluding carboxylic acids is 1. The first-order chi connectivity index (χ1) is 7.81. The number of nitrogens with zero attached hydrogens (tertiary/aromatic N) is 1. The molecule has 90 valence electrons. The van der Waals surface area contributed by atoms with Crippen LogP contribution < -0.4 is 4.74 Å². The van der Waals surface area contributed by atoms with E-state index in [2.05, 4.69) is 4.74 Å². The molecule has 0 amide bonds. The van der Waals surface area contributed by atoms with Crippen LogP contribution in [0.2, 0.25) is 0 Å². The van der Waals surface area contributed by atoms with Gasteiger partial charge in [0.1, 0.15) is 11.8 Å². The van der Waals surface area contributed by atoms with Crippen molar-refractivity contribution < 1.29 is 22.7 Å². The fourth-order valence-electron chi connectivity index (χ4n) is 1.42. The fraction of sp³-hybridized carbons (Fsp3) is 0.273. The number of nitriles is 1. The molecule has 0 heterocycles. The molecule has 0 aliphatic heterocycles. The highest BCUT2D eigenvalue weighted by atomic mass is 19.4. The monoisotopic (exact) mass is 243 g/mol. The molecule has 6 heteroatoms. The Balaban J connectivity index is 3.66. The van der Waals surface area contributed by atoms with Gasteiger partial charge in [0, 0.05) is 5.56 Å². The molecule has 0 aliphatic carbocycles. The molecule has 0 atom stereocenters. The number of halogens is 3. The van der Waals surface area contributed by atoms with Crippen molar-refractivity contribution in [2.75, 3.05) is 7.11 Å². The van der Waals surface area contributed by atoms with Crippen LogP contribution in [0.5, 0.6) is 5.75 Å². The van der Waals surface area contributed by atoms with E-state index in [9.17, 15) is 18.0 Å². The molecule has 1 aromatic rings. The second-order valence-electron chi connectivity index (χ2n) is 3.26. The zero-order valence-corrected chi connectivity index (χ0v) is 9.05. The predicted octanol–water partition coefficient (Wildman–Crippen LogP) is 2.79. The number of carbonyl (C=O) groups is 1. The highest BCUT2D eigenvalue weighted by Crippen LogP contribution is 2.36. The Morgan fingerprint density at radius 2 is 2.00 bits per heavy atom. The first-order valence-corrected chi connectivity index (χ1v) is 4.51. The number of alkyl halides is 3. The molecule has 0 fully saturated rings. The zero-order chi connectivity index (χ0) is 13.2. The van der Waals surface area contributed by atoms with Gasteiger partial charge in [0.15, 0.2) is 5.78 Å². The van der Waals surface area contributed by atoms with Gasteiger partial charge >= 0.3 is 6.18 Å². The molecule has 0 N–H and O–H groups in total. The van der Waals surface area contributed by atoms with Gasteiger partial charge in [-0.15, -0.1) is 0 Å². The number of hydrogen-bond donors (Lipinski definition) is 0. The van der Waals surface area contributed by atoms with Gasteiger partial charge in [-0.2, -0.15) is 18.4 Å². The van der Waals surface area contributed by atoms with Crippen LogP contribution in [0, 0.1) is 11.3 Å². The minimum atomic E-state index is -4.71. The molecule has 0 aliphatic rings. The van der Waals surface area contributed by atoms with E-state index in [0.717, 1.165) is 13.0 Å². The number of Topliss-reactive ketones (excluding diaryl/α,β-unsaturated/α-hetero) is 1. The molecule has 0 bridgehead atoms. The molecule has 0 spiro atoms. The van der Waals surface area contributed by atoms with Gasteiger partial charge in [-0.05, 0) is 19.1 Å². The molecule has 0 radical (unpaired) electrons. The highest BCUT2D eigenvalue weighted by molar-refractivity contribution is 5.98. The molecular formula is C11H8F3NO2. The SMILES string of the molecule is COc1cc(C#N)c(C(C)=O)c(C(F)(F)F)c1. The van der Waals surface area contributed by atoms with E-state index in [4.69, 9.17) is 5.26 Å². The summed E-state index contributed by atoms with van der Waals surface area (Å²) in [5, 5.41) is 8.75. The summed E-state index contributed by atoms with van der Waals surface area (Å²) < 4.78 is 42.8. The Labute approximate surface area is 95.4 Å². The van der Waals surface area contributed by atoms with Crippen LogP contribution >= 0.6 is 0 Å². The van der Waals surface area contributed by atoms with Gasteiger partial charge in [-0.3, -0.25) is 4.79 Å². The van der Waals surface area contributed by atoms with E-state index >= 15 is 0 Å². The van der Waals surface area contributed by atoms with Crippen molar-refractivity contribution in [2.45, 2.75) is 13.1 Å². The molecule has 0 saturated heterocycles. The molecule has 17 heavy (non-hydrogen) atoms. The van der Waals surface area contributed by atoms with Gasteiger partial charge in [-0.25, -0.2) is 0 Å². The Morgan fingerprint density at radius 3 is 2.35 bits per heavy atom. The molecule has 0 unspecified atom stereocenters. The molecule has 0 aromatic heterocycles. The number of ketones is 1. The third kappa shape index (κ3) is 2.56. The van der Waals surface area contributed by atoms with Gasteiger partial charge < -0.3 is 4.74 Å². The van der Waals surface area contributed by atoms with Crippen LogP contribution in [0.1, 0.15) is 28.4 Å². The number of methoxy groups -OCH3 is 1. The molecule has 1 aromatic carbocycles. The van der Waals surface area contributed by atoms with E-state index in [0.29, 0.717) is 6.07 Å². The molecular weight excluding hydrogens is 235 g/mol. The number of hydrogen-bond acceptors (Lipinski definition) is 3. The summed E-state index contributed by atoms with van der Waals surface area (Å²) in [5.41, 5.74) is -2.12. The zero-order valence-electron chi connectivity index (χ0n) is 9.05. The smallest absolute Gasteiger partial charge is 0.417 e. The second-order valence-corrected chi connectivity index (χ2v) is 3.26. The maximum atomic E-state index is 12.7. The summed E-state index contributed by atoms with van der Waals surface area (Å²) in [4.78, 5) is 11.2. The second kappa shape index (κ2) is 4.45. The Bertz CT molecular complexity index is 501. The first-order valence-electron chi connectivity index (χ1n) is 4.51. The minimum Gasteiger partial charge on any atom is -0.497 e. The maximum absolute atomic E-state index is 12.7. The quantitative estimate of drug-likeness (QED) is 0.750. The summed E-state index contributed by atoms with van der Waals surface area (Å²) >= 11 is 0. The van der Waals surface area contributed by atoms with Crippen molar-refractivity contribution in [3.63, 3.8) is 0 Å². The fourth-order valence-corrected chi connectivity index (χ4v) is 1.42. The topological polar surface area (TPSA) is 50.1 Å². The van der Waals surface area contributed by atoms with Crippen molar-refractivity contribution in [2.24, 2.45) is 0 Å². The van der Waals surface area contributed by atoms with Crippen LogP contribution in [0.15, 0.2) is 12.1 Å². The van der Waals surface area contributed by atoms with E-state index in [1.165, 1.54) is 7.11 Å². The summed E-state index contributed by atoms with van der Waals surface area (Å²) in [5.74, 6) is -0.921. The van der Waals surface area contributed by atoms with Crippen LogP contribution in [-0.4, -0.2) is 12.9 Å². The lowest BCUT2D eigenvalue weighted by atomic mass is 9.97. The summed E-state index contributed by atoms with van der Waals surface area (Å²) in [6.45, 7) is 0.984. The van der Waals surface area contributed by atoms with Crippen LogP contribution in [0.4, 0.5) is 13.2 Å². The number of rotatable bonds is 2. The maximum Gasteiger partial charge on any atom is 0.417 e. The highest BCUT2D eigenvalue weighted by Gasteiger charge is 2.36. The average molecular weight is 243 g/mol. The average Bonchev–Trinajstić information content (AvgIpc) is 2.25. The van der Waals surface area contributed by atoms with Crippen LogP contribution in [0.3, 0.4) is 0 Å². The van der Waals surface area contributed by atoms with Crippen molar-refractivity contribution in [3.8, 4) is 11.8 Å². The lowest BCUT2D eigenvalue weighted by Gasteiger charge is -2.13. The Hall–Kier alpha value is -2.03. The van der Waals surface area contributed by atoms with Gasteiger partial charge in [-0.1, -0.05) is 0 Å². The molecule has 0 saturated carbocycles. The largest absolute Gasteiger partial charge is 0.497 e. The minimum absolute atomic E-state index is 0.112. The van der Waals surface area contributed by atoms with E-state index in [1.807, 2.05) is 0 Å². The van der Waals surface area contributed by atoms with Crippen molar-refractivity contribution in [1.29, 1.82) is 5.26 Å². The van der Waals surface area contributed by atoms with Gasteiger partial charge in [0.25, 0.3) is 0 Å². The number of benzene rings is 1. The standard InChI is InChI=1S/C11H8F3NO2/c1-6(16)10-7(5-15)3-8(17-2)4-9(10)11(12,13)14/h3-4H,1-2H3. The third-order valence-electron chi connectivity index (χ3n) is 2.13. The first kappa shape index (κ1) is 13.0. The molecule has 1 rings (SSSR count). The van der Waals surface area contributed by atoms with Crippen molar-refractivity contribution in [1.82, 2.24) is 0 Å².